The SMILES string of the molecule is COC(=O)/C(Br)=C/c1ccnc(-c2cc(C(F)(F)F)cc(C(F)(F)F)c2)n1. The Labute approximate surface area is 157 Å². The third-order valence-electron chi connectivity index (χ3n) is 3.18. The summed E-state index contributed by atoms with van der Waals surface area (Å²) in [4.78, 5) is 19.0. The zero-order valence-corrected chi connectivity index (χ0v) is 14.9. The number of halogens is 7. The molecule has 0 amide bonds. The van der Waals surface area contributed by atoms with Crippen LogP contribution in [0.15, 0.2) is 34.9 Å². The first-order chi connectivity index (χ1) is 12.4. The molecule has 4 nitrogen and oxygen atoms in total. The van der Waals surface area contributed by atoms with E-state index in [-0.39, 0.29) is 22.1 Å². The standard InChI is InChI=1S/C16H9BrF6N2O2/c1-27-14(26)12(17)7-11-2-3-24-13(25-11)8-4-9(15(18,19)20)6-10(5-8)16(21,22)23/h2-7H,1H3/b12-7-. The zero-order valence-electron chi connectivity index (χ0n) is 13.3. The van der Waals surface area contributed by atoms with Crippen molar-refractivity contribution in [3.05, 3.63) is 51.8 Å². The summed E-state index contributed by atoms with van der Waals surface area (Å²) in [5.41, 5.74) is -3.36. The van der Waals surface area contributed by atoms with Crippen molar-refractivity contribution in [2.75, 3.05) is 7.11 Å². The minimum absolute atomic E-state index is 0.0150. The van der Waals surface area contributed by atoms with Gasteiger partial charge in [-0.25, -0.2) is 14.8 Å². The summed E-state index contributed by atoms with van der Waals surface area (Å²) in [7, 11) is 1.13. The van der Waals surface area contributed by atoms with Gasteiger partial charge in [-0.15, -0.1) is 0 Å². The van der Waals surface area contributed by atoms with Gasteiger partial charge in [0.15, 0.2) is 5.82 Å². The van der Waals surface area contributed by atoms with E-state index < -0.39 is 35.0 Å². The highest BCUT2D eigenvalue weighted by Crippen LogP contribution is 2.38. The molecule has 0 aliphatic carbocycles. The maximum atomic E-state index is 13.0. The van der Waals surface area contributed by atoms with E-state index in [1.807, 2.05) is 0 Å². The van der Waals surface area contributed by atoms with Gasteiger partial charge in [-0.1, -0.05) is 0 Å². The predicted molar refractivity (Wildman–Crippen MR) is 86.4 cm³/mol. The number of carbonyl (C=O) groups is 1. The van der Waals surface area contributed by atoms with Crippen molar-refractivity contribution < 1.29 is 35.9 Å². The first-order valence-electron chi connectivity index (χ1n) is 7.00. The number of aromatic nitrogens is 2. The van der Waals surface area contributed by atoms with Crippen LogP contribution in [0.1, 0.15) is 16.8 Å². The molecule has 0 saturated heterocycles. The summed E-state index contributed by atoms with van der Waals surface area (Å²) in [6, 6.07) is 2.37. The summed E-state index contributed by atoms with van der Waals surface area (Å²) < 4.78 is 82.1. The van der Waals surface area contributed by atoms with Crippen molar-refractivity contribution in [2.24, 2.45) is 0 Å². The van der Waals surface area contributed by atoms with Crippen LogP contribution < -0.4 is 0 Å². The second-order valence-corrected chi connectivity index (χ2v) is 5.94. The second kappa shape index (κ2) is 7.67. The van der Waals surface area contributed by atoms with E-state index in [9.17, 15) is 31.1 Å². The van der Waals surface area contributed by atoms with Crippen LogP contribution in [0.2, 0.25) is 0 Å². The summed E-state index contributed by atoms with van der Waals surface area (Å²) in [6.45, 7) is 0. The third kappa shape index (κ3) is 5.28. The van der Waals surface area contributed by atoms with E-state index in [2.05, 4.69) is 30.6 Å². The number of benzene rings is 1. The van der Waals surface area contributed by atoms with Crippen molar-refractivity contribution in [1.82, 2.24) is 9.97 Å². The highest BCUT2D eigenvalue weighted by molar-refractivity contribution is 9.12. The summed E-state index contributed by atoms with van der Waals surface area (Å²) in [5, 5.41) is 0. The van der Waals surface area contributed by atoms with Crippen LogP contribution in [0.3, 0.4) is 0 Å². The molecule has 2 rings (SSSR count). The third-order valence-corrected chi connectivity index (χ3v) is 3.73. The molecule has 0 radical (unpaired) electrons. The largest absolute Gasteiger partial charge is 0.465 e. The maximum Gasteiger partial charge on any atom is 0.416 e. The van der Waals surface area contributed by atoms with Gasteiger partial charge < -0.3 is 4.74 Å². The van der Waals surface area contributed by atoms with Crippen LogP contribution in [0, 0.1) is 0 Å². The smallest absolute Gasteiger partial charge is 0.416 e. The number of ether oxygens (including phenoxy) is 1. The molecular weight excluding hydrogens is 446 g/mol. The van der Waals surface area contributed by atoms with Crippen molar-refractivity contribution in [3.63, 3.8) is 0 Å². The fourth-order valence-electron chi connectivity index (χ4n) is 1.96. The highest BCUT2D eigenvalue weighted by atomic mass is 79.9. The van der Waals surface area contributed by atoms with Crippen molar-refractivity contribution >= 4 is 28.0 Å². The van der Waals surface area contributed by atoms with Crippen LogP contribution >= 0.6 is 15.9 Å². The Kier molecular flexibility index (Phi) is 5.93. The first kappa shape index (κ1) is 20.9. The number of alkyl halides is 6. The molecule has 0 atom stereocenters. The van der Waals surface area contributed by atoms with Crippen molar-refractivity contribution in [3.8, 4) is 11.4 Å². The van der Waals surface area contributed by atoms with Gasteiger partial charge in [0.1, 0.15) is 4.48 Å². The van der Waals surface area contributed by atoms with Crippen molar-refractivity contribution in [1.29, 1.82) is 0 Å². The average molecular weight is 455 g/mol. The van der Waals surface area contributed by atoms with Gasteiger partial charge in [-0.2, -0.15) is 26.3 Å². The molecule has 0 spiro atoms. The number of nitrogens with zero attached hydrogens (tertiary/aromatic N) is 2. The van der Waals surface area contributed by atoms with Gasteiger partial charge in [-0.05, 0) is 46.3 Å². The normalized spacial score (nSPS) is 12.8. The molecule has 0 N–H and O–H groups in total. The molecule has 0 aliphatic rings. The van der Waals surface area contributed by atoms with E-state index in [4.69, 9.17) is 0 Å². The molecule has 27 heavy (non-hydrogen) atoms. The molecule has 0 saturated carbocycles. The van der Waals surface area contributed by atoms with E-state index in [0.717, 1.165) is 13.3 Å². The Hall–Kier alpha value is -2.43. The number of esters is 1. The Morgan fingerprint density at radius 2 is 1.63 bits per heavy atom. The topological polar surface area (TPSA) is 52.1 Å². The molecule has 1 heterocycles. The number of carbonyl (C=O) groups excluding carboxylic acids is 1. The molecule has 1 aromatic heterocycles. The molecule has 0 bridgehead atoms. The van der Waals surface area contributed by atoms with Crippen LogP contribution in [0.25, 0.3) is 17.5 Å². The molecule has 0 fully saturated rings. The molecule has 11 heteroatoms. The number of methoxy groups -OCH3 is 1. The van der Waals surface area contributed by atoms with Gasteiger partial charge in [0.2, 0.25) is 0 Å². The Morgan fingerprint density at radius 3 is 2.11 bits per heavy atom. The minimum Gasteiger partial charge on any atom is -0.465 e. The zero-order chi connectivity index (χ0) is 20.4. The van der Waals surface area contributed by atoms with Gasteiger partial charge in [0, 0.05) is 11.8 Å². The first-order valence-corrected chi connectivity index (χ1v) is 7.79. The average Bonchev–Trinajstić information content (AvgIpc) is 2.59. The molecular formula is C16H9BrF6N2O2. The van der Waals surface area contributed by atoms with Crippen LogP contribution in [-0.4, -0.2) is 23.0 Å². The van der Waals surface area contributed by atoms with Crippen LogP contribution in [0.4, 0.5) is 26.3 Å². The van der Waals surface area contributed by atoms with Gasteiger partial charge in [0.25, 0.3) is 0 Å². The predicted octanol–water partition coefficient (Wildman–Crippen LogP) is 5.09. The molecule has 144 valence electrons. The van der Waals surface area contributed by atoms with Gasteiger partial charge in [0.05, 0.1) is 23.9 Å². The van der Waals surface area contributed by atoms with Gasteiger partial charge >= 0.3 is 18.3 Å². The fraction of sp³-hybridized carbons (Fsp3) is 0.188. The summed E-state index contributed by atoms with van der Waals surface area (Å²) in [6.07, 6.45) is -7.64. The second-order valence-electron chi connectivity index (χ2n) is 5.08. The lowest BCUT2D eigenvalue weighted by Gasteiger charge is -2.13. The fourth-order valence-corrected chi connectivity index (χ4v) is 2.36. The number of rotatable bonds is 3. The molecule has 0 unspecified atom stereocenters. The van der Waals surface area contributed by atoms with Gasteiger partial charge in [-0.3, -0.25) is 0 Å². The molecule has 0 aliphatic heterocycles. The Morgan fingerprint density at radius 1 is 1.07 bits per heavy atom. The van der Waals surface area contributed by atoms with E-state index >= 15 is 0 Å². The number of hydrogen-bond donors (Lipinski definition) is 0. The monoisotopic (exact) mass is 454 g/mol. The van der Waals surface area contributed by atoms with E-state index in [0.29, 0.717) is 12.1 Å². The molecule has 1 aromatic carbocycles. The summed E-state index contributed by atoms with van der Waals surface area (Å²) >= 11 is 2.93. The lowest BCUT2D eigenvalue weighted by Crippen LogP contribution is -2.11. The van der Waals surface area contributed by atoms with Crippen LogP contribution in [0.5, 0.6) is 0 Å². The Bertz CT molecular complexity index is 861. The number of hydrogen-bond acceptors (Lipinski definition) is 4. The Balaban J connectivity index is 2.58. The molecule has 2 aromatic rings. The maximum absolute atomic E-state index is 13.0. The minimum atomic E-state index is -4.98. The van der Waals surface area contributed by atoms with E-state index in [1.165, 1.54) is 12.1 Å². The quantitative estimate of drug-likeness (QED) is 0.368. The summed E-state index contributed by atoms with van der Waals surface area (Å²) in [5.74, 6) is -1.11. The van der Waals surface area contributed by atoms with Crippen molar-refractivity contribution in [2.45, 2.75) is 12.4 Å². The highest BCUT2D eigenvalue weighted by Gasteiger charge is 2.37. The van der Waals surface area contributed by atoms with Crippen LogP contribution in [-0.2, 0) is 21.9 Å². The van der Waals surface area contributed by atoms with E-state index in [1.54, 1.807) is 0 Å². The lowest BCUT2D eigenvalue weighted by atomic mass is 10.0. The lowest BCUT2D eigenvalue weighted by molar-refractivity contribution is -0.143.